The van der Waals surface area contributed by atoms with Gasteiger partial charge in [-0.2, -0.15) is 0 Å². The standard InChI is InChI=1S/C22H23ClN4O2S/c1-4-14-27-20(15-29-19-12-10-17(23)11-13-19)24-25-22(27)30-16(2)21(28)26(3)18-8-6-5-7-9-18/h4-13,16H,1,14-15H2,2-3H3. The van der Waals surface area contributed by atoms with Crippen molar-refractivity contribution in [1.29, 1.82) is 0 Å². The van der Waals surface area contributed by atoms with Crippen LogP contribution in [0.4, 0.5) is 5.69 Å². The van der Waals surface area contributed by atoms with E-state index in [1.165, 1.54) is 11.8 Å². The van der Waals surface area contributed by atoms with E-state index in [0.717, 1.165) is 5.69 Å². The lowest BCUT2D eigenvalue weighted by atomic mass is 10.3. The van der Waals surface area contributed by atoms with Crippen LogP contribution in [0.5, 0.6) is 5.75 Å². The Bertz CT molecular complexity index is 992. The third-order valence-corrected chi connectivity index (χ3v) is 5.71. The maximum Gasteiger partial charge on any atom is 0.240 e. The Kier molecular flexibility index (Phi) is 7.54. The third-order valence-electron chi connectivity index (χ3n) is 4.39. The zero-order chi connectivity index (χ0) is 21.5. The van der Waals surface area contributed by atoms with Crippen molar-refractivity contribution < 1.29 is 9.53 Å². The molecule has 0 N–H and O–H groups in total. The summed E-state index contributed by atoms with van der Waals surface area (Å²) in [4.78, 5) is 14.5. The number of hydrogen-bond acceptors (Lipinski definition) is 5. The quantitative estimate of drug-likeness (QED) is 0.350. The van der Waals surface area contributed by atoms with Gasteiger partial charge in [-0.15, -0.1) is 16.8 Å². The van der Waals surface area contributed by atoms with Gasteiger partial charge >= 0.3 is 0 Å². The summed E-state index contributed by atoms with van der Waals surface area (Å²) in [5.74, 6) is 1.33. The Labute approximate surface area is 185 Å². The van der Waals surface area contributed by atoms with Crippen molar-refractivity contribution in [3.63, 3.8) is 0 Å². The first-order valence-corrected chi connectivity index (χ1v) is 10.7. The summed E-state index contributed by atoms with van der Waals surface area (Å²) in [6.07, 6.45) is 1.77. The molecule has 6 nitrogen and oxygen atoms in total. The fourth-order valence-electron chi connectivity index (χ4n) is 2.76. The number of anilines is 1. The van der Waals surface area contributed by atoms with Crippen molar-refractivity contribution >= 4 is 35.0 Å². The second kappa shape index (κ2) is 10.3. The SMILES string of the molecule is C=CCn1c(COc2ccc(Cl)cc2)nnc1SC(C)C(=O)N(C)c1ccccc1. The number of rotatable bonds is 9. The summed E-state index contributed by atoms with van der Waals surface area (Å²) in [6, 6.07) is 16.7. The van der Waals surface area contributed by atoms with Crippen molar-refractivity contribution in [2.45, 2.75) is 30.5 Å². The zero-order valence-corrected chi connectivity index (χ0v) is 18.4. The minimum absolute atomic E-state index is 0.0154. The number of hydrogen-bond donors (Lipinski definition) is 0. The number of thioether (sulfide) groups is 1. The van der Waals surface area contributed by atoms with Gasteiger partial charge in [-0.25, -0.2) is 0 Å². The van der Waals surface area contributed by atoms with E-state index in [2.05, 4.69) is 16.8 Å². The topological polar surface area (TPSA) is 60.2 Å². The van der Waals surface area contributed by atoms with E-state index in [1.54, 1.807) is 42.3 Å². The second-order valence-electron chi connectivity index (χ2n) is 6.53. The molecule has 3 rings (SSSR count). The summed E-state index contributed by atoms with van der Waals surface area (Å²) in [6.45, 7) is 6.44. The largest absolute Gasteiger partial charge is 0.486 e. The first-order chi connectivity index (χ1) is 14.5. The predicted octanol–water partition coefficient (Wildman–Crippen LogP) is 4.84. The maximum absolute atomic E-state index is 12.9. The van der Waals surface area contributed by atoms with E-state index in [9.17, 15) is 4.79 Å². The van der Waals surface area contributed by atoms with Gasteiger partial charge in [0.05, 0.1) is 5.25 Å². The smallest absolute Gasteiger partial charge is 0.240 e. The van der Waals surface area contributed by atoms with E-state index >= 15 is 0 Å². The normalized spacial score (nSPS) is 11.7. The van der Waals surface area contributed by atoms with Crippen molar-refractivity contribution in [2.24, 2.45) is 0 Å². The molecule has 0 aliphatic carbocycles. The molecule has 3 aromatic rings. The predicted molar refractivity (Wildman–Crippen MR) is 121 cm³/mol. The van der Waals surface area contributed by atoms with E-state index in [1.807, 2.05) is 41.8 Å². The van der Waals surface area contributed by atoms with Crippen LogP contribution in [0.3, 0.4) is 0 Å². The first-order valence-electron chi connectivity index (χ1n) is 9.40. The van der Waals surface area contributed by atoms with Gasteiger partial charge in [0.1, 0.15) is 12.4 Å². The monoisotopic (exact) mass is 442 g/mol. The van der Waals surface area contributed by atoms with Crippen LogP contribution in [0, 0.1) is 0 Å². The highest BCUT2D eigenvalue weighted by atomic mass is 35.5. The molecule has 1 amide bonds. The number of ether oxygens (including phenoxy) is 1. The summed E-state index contributed by atoms with van der Waals surface area (Å²) in [7, 11) is 1.77. The van der Waals surface area contributed by atoms with Crippen molar-refractivity contribution in [1.82, 2.24) is 14.8 Å². The molecule has 0 fully saturated rings. The highest BCUT2D eigenvalue weighted by Gasteiger charge is 2.23. The van der Waals surface area contributed by atoms with Crippen LogP contribution < -0.4 is 9.64 Å². The number of halogens is 1. The maximum atomic E-state index is 12.9. The molecule has 30 heavy (non-hydrogen) atoms. The van der Waals surface area contributed by atoms with Gasteiger partial charge in [-0.3, -0.25) is 9.36 Å². The Morgan fingerprint density at radius 2 is 1.93 bits per heavy atom. The average molecular weight is 443 g/mol. The third kappa shape index (κ3) is 5.43. The number of allylic oxidation sites excluding steroid dienone is 1. The van der Waals surface area contributed by atoms with Gasteiger partial charge in [0.15, 0.2) is 11.0 Å². The Morgan fingerprint density at radius 3 is 2.60 bits per heavy atom. The van der Waals surface area contributed by atoms with Gasteiger partial charge in [-0.1, -0.05) is 47.6 Å². The summed E-state index contributed by atoms with van der Waals surface area (Å²) >= 11 is 7.27. The van der Waals surface area contributed by atoms with Crippen molar-refractivity contribution in [2.75, 3.05) is 11.9 Å². The number of carbonyl (C=O) groups is 1. The molecule has 0 aliphatic heterocycles. The lowest BCUT2D eigenvalue weighted by Crippen LogP contribution is -2.33. The molecule has 0 saturated heterocycles. The molecule has 8 heteroatoms. The highest BCUT2D eigenvalue weighted by molar-refractivity contribution is 8.00. The molecular weight excluding hydrogens is 420 g/mol. The van der Waals surface area contributed by atoms with Crippen LogP contribution >= 0.6 is 23.4 Å². The van der Waals surface area contributed by atoms with Crippen LogP contribution in [0.2, 0.25) is 5.02 Å². The second-order valence-corrected chi connectivity index (χ2v) is 8.28. The van der Waals surface area contributed by atoms with Gasteiger partial charge in [0.2, 0.25) is 5.91 Å². The molecular formula is C22H23ClN4O2S. The number of carbonyl (C=O) groups excluding carboxylic acids is 1. The van der Waals surface area contributed by atoms with E-state index in [4.69, 9.17) is 16.3 Å². The average Bonchev–Trinajstić information content (AvgIpc) is 3.14. The first kappa shape index (κ1) is 21.9. The summed E-state index contributed by atoms with van der Waals surface area (Å²) in [5, 5.41) is 9.48. The minimum atomic E-state index is -0.340. The molecule has 2 aromatic carbocycles. The number of benzene rings is 2. The number of amides is 1. The molecule has 1 atom stereocenters. The minimum Gasteiger partial charge on any atom is -0.486 e. The van der Waals surface area contributed by atoms with E-state index in [-0.39, 0.29) is 17.8 Å². The van der Waals surface area contributed by atoms with Crippen LogP contribution in [-0.4, -0.2) is 33.0 Å². The molecule has 1 aromatic heterocycles. The molecule has 156 valence electrons. The zero-order valence-electron chi connectivity index (χ0n) is 16.9. The lowest BCUT2D eigenvalue weighted by Gasteiger charge is -2.21. The molecule has 1 unspecified atom stereocenters. The van der Waals surface area contributed by atoms with Gasteiger partial charge in [0.25, 0.3) is 0 Å². The van der Waals surface area contributed by atoms with Crippen LogP contribution in [0.25, 0.3) is 0 Å². The Hall–Kier alpha value is -2.77. The Morgan fingerprint density at radius 1 is 1.23 bits per heavy atom. The Balaban J connectivity index is 1.69. The number of para-hydroxylation sites is 1. The molecule has 0 saturated carbocycles. The van der Waals surface area contributed by atoms with Crippen LogP contribution in [-0.2, 0) is 17.9 Å². The van der Waals surface area contributed by atoms with Crippen LogP contribution in [0.15, 0.2) is 72.4 Å². The van der Waals surface area contributed by atoms with Gasteiger partial charge < -0.3 is 9.64 Å². The van der Waals surface area contributed by atoms with Crippen LogP contribution in [0.1, 0.15) is 12.7 Å². The molecule has 1 heterocycles. The fourth-order valence-corrected chi connectivity index (χ4v) is 3.86. The molecule has 0 aliphatic rings. The lowest BCUT2D eigenvalue weighted by molar-refractivity contribution is -0.117. The van der Waals surface area contributed by atoms with Crippen molar-refractivity contribution in [3.05, 3.63) is 78.1 Å². The van der Waals surface area contributed by atoms with E-state index < -0.39 is 0 Å². The summed E-state index contributed by atoms with van der Waals surface area (Å²) < 4.78 is 7.70. The molecule has 0 radical (unpaired) electrons. The van der Waals surface area contributed by atoms with E-state index in [0.29, 0.717) is 28.3 Å². The fraction of sp³-hybridized carbons (Fsp3) is 0.227. The number of aromatic nitrogens is 3. The summed E-state index contributed by atoms with van der Waals surface area (Å²) in [5.41, 5.74) is 0.847. The van der Waals surface area contributed by atoms with Gasteiger partial charge in [-0.05, 0) is 43.3 Å². The molecule has 0 spiro atoms. The number of nitrogens with zero attached hydrogens (tertiary/aromatic N) is 4. The molecule has 0 bridgehead atoms. The highest BCUT2D eigenvalue weighted by Crippen LogP contribution is 2.26. The van der Waals surface area contributed by atoms with Crippen molar-refractivity contribution in [3.8, 4) is 5.75 Å². The van der Waals surface area contributed by atoms with Gasteiger partial charge in [0, 0.05) is 24.3 Å².